The van der Waals surface area contributed by atoms with Gasteiger partial charge in [0.15, 0.2) is 0 Å². The van der Waals surface area contributed by atoms with Crippen LogP contribution < -0.4 is 0 Å². The van der Waals surface area contributed by atoms with E-state index in [9.17, 15) is 0 Å². The second-order valence-corrected chi connectivity index (χ2v) is 14.5. The monoisotopic (exact) mass is 324 g/mol. The van der Waals surface area contributed by atoms with Gasteiger partial charge in [-0.3, -0.25) is 0 Å². The number of rotatable bonds is 6. The fourth-order valence-corrected chi connectivity index (χ4v) is 9.14. The maximum absolute atomic E-state index is 6.19. The Kier molecular flexibility index (Phi) is 7.10. The van der Waals surface area contributed by atoms with Crippen molar-refractivity contribution in [2.45, 2.75) is 83.7 Å². The normalized spacial score (nSPS) is 14.1. The van der Waals surface area contributed by atoms with Crippen LogP contribution in [0.3, 0.4) is 0 Å². The minimum atomic E-state index is -3.55. The van der Waals surface area contributed by atoms with Gasteiger partial charge in [-0.15, -0.1) is 0 Å². The molecule has 0 aromatic rings. The quantitative estimate of drug-likeness (QED) is 0.725. The van der Waals surface area contributed by atoms with E-state index in [1.165, 1.54) is 0 Å². The van der Waals surface area contributed by atoms with Gasteiger partial charge in [-0.05, 0) is 0 Å². The molecule has 0 rings (SSSR count). The molecule has 0 aromatic heterocycles. The van der Waals surface area contributed by atoms with Gasteiger partial charge in [0, 0.05) is 0 Å². The summed E-state index contributed by atoms with van der Waals surface area (Å²) in [6, 6.07) is 0. The first kappa shape index (κ1) is 17.8. The molecule has 0 N–H and O–H groups in total. The van der Waals surface area contributed by atoms with Crippen LogP contribution in [0.5, 0.6) is 0 Å². The zero-order chi connectivity index (χ0) is 13.9. The van der Waals surface area contributed by atoms with Gasteiger partial charge >= 0.3 is 114 Å². The molecule has 0 aliphatic heterocycles. The molecule has 0 unspecified atom stereocenters. The second kappa shape index (κ2) is 6.79. The third kappa shape index (κ3) is 5.96. The predicted octanol–water partition coefficient (Wildman–Crippen LogP) is 4.38. The summed E-state index contributed by atoms with van der Waals surface area (Å²) >= 11 is -3.55. The average molecular weight is 326 g/mol. The van der Waals surface area contributed by atoms with Crippen LogP contribution in [0.4, 0.5) is 0 Å². The van der Waals surface area contributed by atoms with E-state index in [2.05, 4.69) is 20.8 Å². The molecular formula is C13H30O3Zr. The molecule has 0 amide bonds. The van der Waals surface area contributed by atoms with Gasteiger partial charge in [0.05, 0.1) is 0 Å². The Hall–Kier alpha value is 0.763. The van der Waals surface area contributed by atoms with Gasteiger partial charge in [0.25, 0.3) is 0 Å². The molecule has 104 valence electrons. The van der Waals surface area contributed by atoms with Crippen LogP contribution in [-0.4, -0.2) is 18.3 Å². The van der Waals surface area contributed by atoms with E-state index in [-0.39, 0.29) is 21.4 Å². The van der Waals surface area contributed by atoms with Crippen molar-refractivity contribution in [2.24, 2.45) is 0 Å². The van der Waals surface area contributed by atoms with E-state index in [1.54, 1.807) is 0 Å². The topological polar surface area (TPSA) is 27.7 Å². The van der Waals surface area contributed by atoms with E-state index in [0.29, 0.717) is 0 Å². The van der Waals surface area contributed by atoms with Crippen LogP contribution in [0.1, 0.15) is 62.3 Å². The van der Waals surface area contributed by atoms with Crippen molar-refractivity contribution in [1.29, 1.82) is 0 Å². The molecule has 3 nitrogen and oxygen atoms in total. The maximum atomic E-state index is 6.19. The molecule has 0 aliphatic carbocycles. The van der Waals surface area contributed by atoms with Crippen molar-refractivity contribution in [2.75, 3.05) is 0 Å². The van der Waals surface area contributed by atoms with Crippen LogP contribution in [-0.2, 0) is 30.0 Å². The van der Waals surface area contributed by atoms with Gasteiger partial charge in [-0.25, -0.2) is 0 Å². The van der Waals surface area contributed by atoms with Crippen molar-refractivity contribution in [3.63, 3.8) is 0 Å². The van der Waals surface area contributed by atoms with E-state index < -0.39 is 21.6 Å². The fraction of sp³-hybridized carbons (Fsp3) is 1.00. The summed E-state index contributed by atoms with van der Waals surface area (Å²) in [4.78, 5) is 0. The summed E-state index contributed by atoms with van der Waals surface area (Å²) in [6.45, 7) is 18.8. The van der Waals surface area contributed by atoms with E-state index >= 15 is 0 Å². The minimum absolute atomic E-state index is 0.0481. The van der Waals surface area contributed by atoms with E-state index in [4.69, 9.17) is 8.44 Å². The SMILES string of the molecule is CC(C)[O][Zr]([O]C(C)C)([O]C(C)C)[C](C)(C)C. The molecule has 0 heterocycles. The Morgan fingerprint density at radius 2 is 0.882 bits per heavy atom. The molecule has 0 aromatic carbocycles. The Bertz CT molecular complexity index is 193. The third-order valence-electron chi connectivity index (χ3n) is 2.09. The summed E-state index contributed by atoms with van der Waals surface area (Å²) in [6.07, 6.45) is 0.424. The van der Waals surface area contributed by atoms with Crippen LogP contribution in [0.25, 0.3) is 0 Å². The second-order valence-electron chi connectivity index (χ2n) is 6.31. The number of hydrogen-bond donors (Lipinski definition) is 0. The molecule has 0 bridgehead atoms. The first-order chi connectivity index (χ1) is 7.50. The molecule has 0 spiro atoms. The Balaban J connectivity index is 5.20. The van der Waals surface area contributed by atoms with Gasteiger partial charge in [0.2, 0.25) is 0 Å². The van der Waals surface area contributed by atoms with Crippen molar-refractivity contribution in [1.82, 2.24) is 0 Å². The van der Waals surface area contributed by atoms with Crippen LogP contribution in [0.2, 0.25) is 3.12 Å². The molecule has 0 radical (unpaired) electrons. The Labute approximate surface area is 113 Å². The van der Waals surface area contributed by atoms with Crippen molar-refractivity contribution < 1.29 is 30.0 Å². The Morgan fingerprint density at radius 3 is 1.00 bits per heavy atom. The summed E-state index contributed by atoms with van der Waals surface area (Å²) < 4.78 is 18.5. The molecule has 0 fully saturated rings. The van der Waals surface area contributed by atoms with Gasteiger partial charge in [0.1, 0.15) is 0 Å². The summed E-state index contributed by atoms with van der Waals surface area (Å²) in [5.41, 5.74) is 0. The molecule has 0 saturated heterocycles. The summed E-state index contributed by atoms with van der Waals surface area (Å²) in [7, 11) is 0. The molecule has 0 saturated carbocycles. The van der Waals surface area contributed by atoms with Gasteiger partial charge in [-0.1, -0.05) is 0 Å². The summed E-state index contributed by atoms with van der Waals surface area (Å²) in [5.74, 6) is 0. The standard InChI is InChI=1S/C4H9.3C3H7O.Zr/c1-4(2)3;3*1-3(2)4;/h1-3H3;3*3H,1-2H3;/q;3*-1;+3. The zero-order valence-corrected chi connectivity index (χ0v) is 15.4. The van der Waals surface area contributed by atoms with E-state index in [0.717, 1.165) is 0 Å². The van der Waals surface area contributed by atoms with Crippen LogP contribution >= 0.6 is 0 Å². The van der Waals surface area contributed by atoms with Crippen LogP contribution in [0.15, 0.2) is 0 Å². The third-order valence-corrected chi connectivity index (χ3v) is 12.4. The summed E-state index contributed by atoms with van der Waals surface area (Å²) in [5, 5.41) is 0. The van der Waals surface area contributed by atoms with Crippen molar-refractivity contribution in [3.8, 4) is 0 Å². The Morgan fingerprint density at radius 1 is 0.647 bits per heavy atom. The predicted molar refractivity (Wildman–Crippen MR) is 68.4 cm³/mol. The molecule has 0 aliphatic rings. The van der Waals surface area contributed by atoms with E-state index in [1.807, 2.05) is 41.5 Å². The first-order valence-corrected chi connectivity index (χ1v) is 10.8. The molecular weight excluding hydrogens is 295 g/mol. The van der Waals surface area contributed by atoms with Crippen molar-refractivity contribution in [3.05, 3.63) is 0 Å². The fourth-order valence-electron chi connectivity index (χ4n) is 1.54. The number of hydrogen-bond acceptors (Lipinski definition) is 3. The van der Waals surface area contributed by atoms with Crippen LogP contribution in [0, 0.1) is 0 Å². The van der Waals surface area contributed by atoms with Gasteiger partial charge < -0.3 is 0 Å². The molecule has 0 atom stereocenters. The first-order valence-electron chi connectivity index (χ1n) is 6.53. The van der Waals surface area contributed by atoms with Crippen molar-refractivity contribution >= 4 is 0 Å². The zero-order valence-electron chi connectivity index (χ0n) is 13.0. The van der Waals surface area contributed by atoms with Gasteiger partial charge in [-0.2, -0.15) is 0 Å². The average Bonchev–Trinajstić information content (AvgIpc) is 1.96. The molecule has 4 heteroatoms. The molecule has 17 heavy (non-hydrogen) atoms.